The van der Waals surface area contributed by atoms with Gasteiger partial charge in [0.15, 0.2) is 11.5 Å². The van der Waals surface area contributed by atoms with Gasteiger partial charge >= 0.3 is 5.69 Å². The number of carbonyl (C=O) groups is 1. The van der Waals surface area contributed by atoms with Gasteiger partial charge in [-0.1, -0.05) is 13.8 Å². The lowest BCUT2D eigenvalue weighted by atomic mass is 10.0. The van der Waals surface area contributed by atoms with Crippen molar-refractivity contribution >= 4 is 23.0 Å². The lowest BCUT2D eigenvalue weighted by Crippen LogP contribution is -2.11. The largest absolute Gasteiger partial charge is 0.487 e. The summed E-state index contributed by atoms with van der Waals surface area (Å²) in [4.78, 5) is 27.1. The summed E-state index contributed by atoms with van der Waals surface area (Å²) < 4.78 is 5.43. The maximum absolute atomic E-state index is 12.6. The molecule has 2 aromatic rings. The van der Waals surface area contributed by atoms with E-state index in [9.17, 15) is 14.9 Å². The van der Waals surface area contributed by atoms with Gasteiger partial charge in [0, 0.05) is 23.5 Å². The minimum Gasteiger partial charge on any atom is -0.487 e. The maximum Gasteiger partial charge on any atom is 0.311 e. The van der Waals surface area contributed by atoms with Crippen molar-refractivity contribution in [3.63, 3.8) is 0 Å². The Hall–Kier alpha value is -3.16. The number of carbonyl (C=O) groups excluding carboxylic acids is 1. The molecule has 1 aromatic heterocycles. The molecule has 0 aliphatic carbocycles. The number of benzene rings is 1. The van der Waals surface area contributed by atoms with E-state index >= 15 is 0 Å². The van der Waals surface area contributed by atoms with E-state index < -0.39 is 10.7 Å². The Bertz CT molecular complexity index is 769. The van der Waals surface area contributed by atoms with Gasteiger partial charge in [0.05, 0.1) is 17.1 Å². The highest BCUT2D eigenvalue weighted by atomic mass is 16.6. The second kappa shape index (κ2) is 6.95. The monoisotopic (exact) mass is 330 g/mol. The van der Waals surface area contributed by atoms with Crippen molar-refractivity contribution < 1.29 is 14.5 Å². The summed E-state index contributed by atoms with van der Waals surface area (Å²) in [5, 5.41) is 11.3. The molecule has 2 rings (SSSR count). The van der Waals surface area contributed by atoms with Gasteiger partial charge in [0.2, 0.25) is 0 Å². The number of nitro benzene ring substituents is 1. The normalized spacial score (nSPS) is 10.6. The number of ketones is 1. The van der Waals surface area contributed by atoms with Gasteiger partial charge in [-0.15, -0.1) is 0 Å². The predicted molar refractivity (Wildman–Crippen MR) is 89.9 cm³/mol. The zero-order valence-corrected chi connectivity index (χ0v) is 13.4. The summed E-state index contributed by atoms with van der Waals surface area (Å²) in [7, 11) is 0. The van der Waals surface area contributed by atoms with Gasteiger partial charge in [-0.3, -0.25) is 14.9 Å². The topological polar surface area (TPSA) is 134 Å². The van der Waals surface area contributed by atoms with E-state index in [0.29, 0.717) is 6.61 Å². The van der Waals surface area contributed by atoms with Crippen molar-refractivity contribution in [2.75, 3.05) is 18.1 Å². The third-order valence-electron chi connectivity index (χ3n) is 3.23. The van der Waals surface area contributed by atoms with Crippen LogP contribution in [0, 0.1) is 16.0 Å². The highest BCUT2D eigenvalue weighted by Crippen LogP contribution is 2.30. The Labute approximate surface area is 138 Å². The number of nitrogens with two attached hydrogens (primary N) is 2. The van der Waals surface area contributed by atoms with E-state index in [1.165, 1.54) is 24.4 Å². The van der Waals surface area contributed by atoms with Crippen LogP contribution in [0.2, 0.25) is 0 Å². The molecule has 0 atom stereocenters. The summed E-state index contributed by atoms with van der Waals surface area (Å²) in [6.07, 6.45) is 1.38. The molecule has 0 fully saturated rings. The number of rotatable bonds is 6. The minimum atomic E-state index is -0.595. The first kappa shape index (κ1) is 17.2. The van der Waals surface area contributed by atoms with Crippen LogP contribution < -0.4 is 16.2 Å². The summed E-state index contributed by atoms with van der Waals surface area (Å²) in [5.74, 6) is -0.238. The van der Waals surface area contributed by atoms with Crippen LogP contribution in [0.3, 0.4) is 0 Å². The number of hydrogen-bond donors (Lipinski definition) is 2. The molecule has 1 aromatic carbocycles. The van der Waals surface area contributed by atoms with Crippen molar-refractivity contribution in [2.45, 2.75) is 13.8 Å². The number of aromatic nitrogens is 1. The van der Waals surface area contributed by atoms with E-state index in [1.807, 2.05) is 13.8 Å². The number of ether oxygens (including phenoxy) is 1. The molecule has 0 saturated carbocycles. The summed E-state index contributed by atoms with van der Waals surface area (Å²) >= 11 is 0. The average molecular weight is 330 g/mol. The van der Waals surface area contributed by atoms with Crippen molar-refractivity contribution in [3.05, 3.63) is 51.7 Å². The van der Waals surface area contributed by atoms with Gasteiger partial charge in [-0.05, 0) is 24.1 Å². The Balaban J connectivity index is 2.43. The van der Waals surface area contributed by atoms with Crippen LogP contribution in [0.25, 0.3) is 0 Å². The SMILES string of the molecule is CC(C)COc1ccc(C(=O)c2c(N)ccnc2N)cc1[N+](=O)[O-]. The number of pyridine rings is 1. The molecule has 0 aliphatic rings. The molecule has 1 heterocycles. The molecule has 0 spiro atoms. The fourth-order valence-electron chi connectivity index (χ4n) is 2.07. The predicted octanol–water partition coefficient (Wildman–Crippen LogP) is 2.42. The number of nitrogen functional groups attached to an aromatic ring is 2. The second-order valence-corrected chi connectivity index (χ2v) is 5.63. The molecular formula is C16H18N4O4. The van der Waals surface area contributed by atoms with Crippen LogP contribution >= 0.6 is 0 Å². The van der Waals surface area contributed by atoms with E-state index in [0.717, 1.165) is 6.07 Å². The smallest absolute Gasteiger partial charge is 0.311 e. The third kappa shape index (κ3) is 3.60. The van der Waals surface area contributed by atoms with E-state index in [1.54, 1.807) is 0 Å². The van der Waals surface area contributed by atoms with Crippen molar-refractivity contribution in [2.24, 2.45) is 5.92 Å². The summed E-state index contributed by atoms with van der Waals surface area (Å²) in [6.45, 7) is 4.19. The first-order chi connectivity index (χ1) is 11.3. The Kier molecular flexibility index (Phi) is 4.98. The van der Waals surface area contributed by atoms with Crippen LogP contribution in [-0.4, -0.2) is 22.3 Å². The van der Waals surface area contributed by atoms with Crippen LogP contribution in [0.1, 0.15) is 29.8 Å². The Morgan fingerprint density at radius 1 is 1.33 bits per heavy atom. The lowest BCUT2D eigenvalue weighted by Gasteiger charge is -2.11. The third-order valence-corrected chi connectivity index (χ3v) is 3.23. The van der Waals surface area contributed by atoms with Gasteiger partial charge in [0.25, 0.3) is 0 Å². The van der Waals surface area contributed by atoms with Crippen LogP contribution in [0.4, 0.5) is 17.2 Å². The molecule has 0 unspecified atom stereocenters. The van der Waals surface area contributed by atoms with E-state index in [4.69, 9.17) is 16.2 Å². The summed E-state index contributed by atoms with van der Waals surface area (Å²) in [6, 6.07) is 5.44. The van der Waals surface area contributed by atoms with Gasteiger partial charge < -0.3 is 16.2 Å². The molecule has 126 valence electrons. The molecule has 8 nitrogen and oxygen atoms in total. The molecule has 24 heavy (non-hydrogen) atoms. The maximum atomic E-state index is 12.6. The van der Waals surface area contributed by atoms with E-state index in [2.05, 4.69) is 4.98 Å². The van der Waals surface area contributed by atoms with Crippen molar-refractivity contribution in [1.82, 2.24) is 4.98 Å². The Morgan fingerprint density at radius 3 is 2.62 bits per heavy atom. The number of anilines is 2. The molecule has 0 bridgehead atoms. The van der Waals surface area contributed by atoms with Gasteiger partial charge in [0.1, 0.15) is 5.82 Å². The molecule has 8 heteroatoms. The van der Waals surface area contributed by atoms with Gasteiger partial charge in [-0.2, -0.15) is 0 Å². The standard InChI is InChI=1S/C16H18N4O4/c1-9(2)8-24-13-4-3-10(7-12(13)20(22)23)15(21)14-11(17)5-6-19-16(14)18/h3-7,9H,8H2,1-2H3,(H4,17,18,19). The first-order valence-electron chi connectivity index (χ1n) is 7.27. The molecule has 4 N–H and O–H groups in total. The average Bonchev–Trinajstić information content (AvgIpc) is 2.52. The lowest BCUT2D eigenvalue weighted by molar-refractivity contribution is -0.385. The molecule has 0 amide bonds. The molecule has 0 radical (unpaired) electrons. The zero-order valence-electron chi connectivity index (χ0n) is 13.4. The fourth-order valence-corrected chi connectivity index (χ4v) is 2.07. The highest BCUT2D eigenvalue weighted by molar-refractivity contribution is 6.15. The second-order valence-electron chi connectivity index (χ2n) is 5.63. The van der Waals surface area contributed by atoms with Crippen molar-refractivity contribution in [3.8, 4) is 5.75 Å². The minimum absolute atomic E-state index is 0.0252. The molecule has 0 saturated heterocycles. The summed E-state index contributed by atoms with van der Waals surface area (Å²) in [5.41, 5.74) is 11.5. The van der Waals surface area contributed by atoms with Crippen LogP contribution in [0.5, 0.6) is 5.75 Å². The quantitative estimate of drug-likeness (QED) is 0.471. The van der Waals surface area contributed by atoms with Crippen LogP contribution in [0.15, 0.2) is 30.5 Å². The zero-order chi connectivity index (χ0) is 17.9. The van der Waals surface area contributed by atoms with Gasteiger partial charge in [-0.25, -0.2) is 4.98 Å². The molecular weight excluding hydrogens is 312 g/mol. The number of nitrogens with zero attached hydrogens (tertiary/aromatic N) is 2. The van der Waals surface area contributed by atoms with E-state index in [-0.39, 0.29) is 40.0 Å². The number of nitro groups is 1. The van der Waals surface area contributed by atoms with Crippen LogP contribution in [-0.2, 0) is 0 Å². The van der Waals surface area contributed by atoms with Crippen molar-refractivity contribution in [1.29, 1.82) is 0 Å². The number of hydrogen-bond acceptors (Lipinski definition) is 7. The molecule has 0 aliphatic heterocycles. The highest BCUT2D eigenvalue weighted by Gasteiger charge is 2.22. The fraction of sp³-hybridized carbons (Fsp3) is 0.250. The Morgan fingerprint density at radius 2 is 2.04 bits per heavy atom. The first-order valence-corrected chi connectivity index (χ1v) is 7.27.